The van der Waals surface area contributed by atoms with Gasteiger partial charge in [0.1, 0.15) is 5.75 Å². The number of carbonyl (C=O) groups excluding carboxylic acids is 1. The summed E-state index contributed by atoms with van der Waals surface area (Å²) < 4.78 is 5.16. The van der Waals surface area contributed by atoms with Crippen molar-refractivity contribution in [1.29, 1.82) is 0 Å². The van der Waals surface area contributed by atoms with Crippen LogP contribution in [0.2, 0.25) is 0 Å². The van der Waals surface area contributed by atoms with E-state index in [2.05, 4.69) is 0 Å². The van der Waals surface area contributed by atoms with Crippen molar-refractivity contribution in [3.8, 4) is 5.75 Å². The molecule has 1 aliphatic rings. The van der Waals surface area contributed by atoms with E-state index >= 15 is 0 Å². The molecule has 0 aromatic heterocycles. The van der Waals surface area contributed by atoms with E-state index in [9.17, 15) is 4.79 Å². The molecule has 1 heterocycles. The Morgan fingerprint density at radius 3 is 2.83 bits per heavy atom. The minimum atomic E-state index is -0.256. The van der Waals surface area contributed by atoms with Crippen LogP contribution in [0.1, 0.15) is 30.9 Å². The first-order chi connectivity index (χ1) is 8.70. The summed E-state index contributed by atoms with van der Waals surface area (Å²) in [6.45, 7) is 1.76. The fourth-order valence-electron chi connectivity index (χ4n) is 2.27. The largest absolute Gasteiger partial charge is 0.497 e. The molecule has 4 nitrogen and oxygen atoms in total. The van der Waals surface area contributed by atoms with E-state index in [0.717, 1.165) is 37.2 Å². The lowest BCUT2D eigenvalue weighted by Gasteiger charge is -2.18. The summed E-state index contributed by atoms with van der Waals surface area (Å²) in [5, 5.41) is 0. The van der Waals surface area contributed by atoms with Gasteiger partial charge >= 0.3 is 0 Å². The maximum Gasteiger partial charge on any atom is 0.224 e. The Morgan fingerprint density at radius 2 is 2.17 bits per heavy atom. The molecule has 1 saturated heterocycles. The average molecular weight is 248 g/mol. The molecule has 0 bridgehead atoms. The first kappa shape index (κ1) is 12.9. The molecular weight excluding hydrogens is 228 g/mol. The lowest BCUT2D eigenvalue weighted by atomic mass is 10.0. The number of carbonyl (C=O) groups is 1. The smallest absolute Gasteiger partial charge is 0.224 e. The standard InChI is InChI=1S/C14H20N2O2/c1-18-12-6-4-5-11(9-12)13(15)10-14(17)16-7-2-3-8-16/h4-6,9,13H,2-3,7-8,10,15H2,1H3. The van der Waals surface area contributed by atoms with Gasteiger partial charge in [-0.1, -0.05) is 12.1 Å². The number of nitrogens with two attached hydrogens (primary N) is 1. The Kier molecular flexibility index (Phi) is 4.20. The third-order valence-corrected chi connectivity index (χ3v) is 3.38. The topological polar surface area (TPSA) is 55.6 Å². The Balaban J connectivity index is 1.97. The van der Waals surface area contributed by atoms with Gasteiger partial charge in [0, 0.05) is 25.6 Å². The summed E-state index contributed by atoms with van der Waals surface area (Å²) >= 11 is 0. The van der Waals surface area contributed by atoms with Crippen molar-refractivity contribution in [3.63, 3.8) is 0 Å². The molecule has 0 saturated carbocycles. The van der Waals surface area contributed by atoms with Gasteiger partial charge in [-0.25, -0.2) is 0 Å². The Hall–Kier alpha value is -1.55. The molecule has 0 spiro atoms. The number of hydrogen-bond acceptors (Lipinski definition) is 3. The van der Waals surface area contributed by atoms with Crippen LogP contribution < -0.4 is 10.5 Å². The lowest BCUT2D eigenvalue weighted by molar-refractivity contribution is -0.130. The summed E-state index contributed by atoms with van der Waals surface area (Å²) in [6, 6.07) is 7.34. The Labute approximate surface area is 108 Å². The fourth-order valence-corrected chi connectivity index (χ4v) is 2.27. The molecule has 2 rings (SSSR count). The van der Waals surface area contributed by atoms with Crippen LogP contribution in [0, 0.1) is 0 Å². The van der Waals surface area contributed by atoms with Gasteiger partial charge in [-0.2, -0.15) is 0 Å². The minimum Gasteiger partial charge on any atom is -0.497 e. The molecule has 1 atom stereocenters. The Morgan fingerprint density at radius 1 is 1.44 bits per heavy atom. The van der Waals surface area contributed by atoms with Crippen LogP contribution in [0.4, 0.5) is 0 Å². The van der Waals surface area contributed by atoms with Crippen molar-refractivity contribution in [3.05, 3.63) is 29.8 Å². The van der Waals surface area contributed by atoms with E-state index in [-0.39, 0.29) is 11.9 Å². The average Bonchev–Trinajstić information content (AvgIpc) is 2.92. The van der Waals surface area contributed by atoms with Crippen molar-refractivity contribution in [2.24, 2.45) is 5.73 Å². The quantitative estimate of drug-likeness (QED) is 0.882. The predicted octanol–water partition coefficient (Wildman–Crippen LogP) is 1.71. The zero-order chi connectivity index (χ0) is 13.0. The number of likely N-dealkylation sites (tertiary alicyclic amines) is 1. The fraction of sp³-hybridized carbons (Fsp3) is 0.500. The lowest BCUT2D eigenvalue weighted by Crippen LogP contribution is -2.30. The van der Waals surface area contributed by atoms with E-state index in [1.54, 1.807) is 7.11 Å². The van der Waals surface area contributed by atoms with Gasteiger partial charge in [-0.05, 0) is 30.5 Å². The second-order valence-corrected chi connectivity index (χ2v) is 4.68. The van der Waals surface area contributed by atoms with Crippen molar-refractivity contribution in [2.45, 2.75) is 25.3 Å². The molecule has 4 heteroatoms. The highest BCUT2D eigenvalue weighted by atomic mass is 16.5. The molecule has 1 fully saturated rings. The SMILES string of the molecule is COc1cccc(C(N)CC(=O)N2CCCC2)c1. The first-order valence-electron chi connectivity index (χ1n) is 6.38. The molecule has 1 unspecified atom stereocenters. The van der Waals surface area contributed by atoms with Crippen molar-refractivity contribution in [1.82, 2.24) is 4.90 Å². The molecule has 2 N–H and O–H groups in total. The second kappa shape index (κ2) is 5.87. The maximum absolute atomic E-state index is 12.0. The number of nitrogens with zero attached hydrogens (tertiary/aromatic N) is 1. The highest BCUT2D eigenvalue weighted by Gasteiger charge is 2.20. The molecule has 1 aromatic rings. The van der Waals surface area contributed by atoms with E-state index in [0.29, 0.717) is 6.42 Å². The summed E-state index contributed by atoms with van der Waals surface area (Å²) in [6.07, 6.45) is 2.59. The van der Waals surface area contributed by atoms with Crippen LogP contribution in [0.25, 0.3) is 0 Å². The molecule has 18 heavy (non-hydrogen) atoms. The normalized spacial score (nSPS) is 16.7. The molecule has 1 aliphatic heterocycles. The first-order valence-corrected chi connectivity index (χ1v) is 6.38. The van der Waals surface area contributed by atoms with Crippen molar-refractivity contribution in [2.75, 3.05) is 20.2 Å². The van der Waals surface area contributed by atoms with E-state index < -0.39 is 0 Å². The zero-order valence-electron chi connectivity index (χ0n) is 10.8. The third kappa shape index (κ3) is 3.01. The van der Waals surface area contributed by atoms with E-state index in [1.165, 1.54) is 0 Å². The van der Waals surface area contributed by atoms with Crippen LogP contribution in [0.15, 0.2) is 24.3 Å². The number of benzene rings is 1. The Bertz CT molecular complexity index is 414. The van der Waals surface area contributed by atoms with E-state index in [4.69, 9.17) is 10.5 Å². The van der Waals surface area contributed by atoms with Gasteiger partial charge in [-0.3, -0.25) is 4.79 Å². The molecule has 98 valence electrons. The highest BCUT2D eigenvalue weighted by molar-refractivity contribution is 5.77. The van der Waals surface area contributed by atoms with Crippen molar-refractivity contribution >= 4 is 5.91 Å². The number of methoxy groups -OCH3 is 1. The van der Waals surface area contributed by atoms with Crippen LogP contribution >= 0.6 is 0 Å². The molecule has 1 aromatic carbocycles. The molecule has 1 amide bonds. The summed E-state index contributed by atoms with van der Waals surface area (Å²) in [4.78, 5) is 13.9. The number of rotatable bonds is 4. The third-order valence-electron chi connectivity index (χ3n) is 3.38. The van der Waals surface area contributed by atoms with Gasteiger partial charge < -0.3 is 15.4 Å². The van der Waals surface area contributed by atoms with Crippen molar-refractivity contribution < 1.29 is 9.53 Å². The van der Waals surface area contributed by atoms with Gasteiger partial charge in [0.2, 0.25) is 5.91 Å². The van der Waals surface area contributed by atoms with Gasteiger partial charge in [0.15, 0.2) is 0 Å². The van der Waals surface area contributed by atoms with Gasteiger partial charge in [-0.15, -0.1) is 0 Å². The predicted molar refractivity (Wildman–Crippen MR) is 70.4 cm³/mol. The van der Waals surface area contributed by atoms with Crippen LogP contribution in [0.3, 0.4) is 0 Å². The molecule has 0 radical (unpaired) electrons. The molecule has 0 aliphatic carbocycles. The highest BCUT2D eigenvalue weighted by Crippen LogP contribution is 2.21. The van der Waals surface area contributed by atoms with Crippen LogP contribution in [0.5, 0.6) is 5.75 Å². The maximum atomic E-state index is 12.0. The number of ether oxygens (including phenoxy) is 1. The summed E-state index contributed by atoms with van der Waals surface area (Å²) in [7, 11) is 1.63. The zero-order valence-corrected chi connectivity index (χ0v) is 10.8. The monoisotopic (exact) mass is 248 g/mol. The minimum absolute atomic E-state index is 0.155. The summed E-state index contributed by atoms with van der Waals surface area (Å²) in [5.41, 5.74) is 7.03. The van der Waals surface area contributed by atoms with Crippen LogP contribution in [-0.2, 0) is 4.79 Å². The number of amides is 1. The van der Waals surface area contributed by atoms with Gasteiger partial charge in [0.25, 0.3) is 0 Å². The number of hydrogen-bond donors (Lipinski definition) is 1. The second-order valence-electron chi connectivity index (χ2n) is 4.68. The van der Waals surface area contributed by atoms with E-state index in [1.807, 2.05) is 29.2 Å². The summed E-state index contributed by atoms with van der Waals surface area (Å²) in [5.74, 6) is 0.930. The van der Waals surface area contributed by atoms with Crippen LogP contribution in [-0.4, -0.2) is 31.0 Å². The van der Waals surface area contributed by atoms with Gasteiger partial charge in [0.05, 0.1) is 7.11 Å². The molecular formula is C14H20N2O2.